The maximum atomic E-state index is 6.12. The molecular weight excluding hydrogens is 293 g/mol. The third-order valence-corrected chi connectivity index (χ3v) is 3.60. The van der Waals surface area contributed by atoms with Gasteiger partial charge >= 0.3 is 0 Å². The fourth-order valence-corrected chi connectivity index (χ4v) is 2.46. The minimum atomic E-state index is -0.140. The van der Waals surface area contributed by atoms with Crippen LogP contribution in [0, 0.1) is 0 Å². The lowest BCUT2D eigenvalue weighted by atomic mass is 10.2. The zero-order valence-corrected chi connectivity index (χ0v) is 13.0. The zero-order valence-electron chi connectivity index (χ0n) is 11.5. The summed E-state index contributed by atoms with van der Waals surface area (Å²) >= 11 is 12.2. The zero-order chi connectivity index (χ0) is 14.5. The maximum absolute atomic E-state index is 6.12. The van der Waals surface area contributed by atoms with Gasteiger partial charge in [-0.3, -0.25) is 0 Å². The highest BCUT2D eigenvalue weighted by atomic mass is 35.5. The lowest BCUT2D eigenvalue weighted by molar-refractivity contribution is 0.216. The van der Waals surface area contributed by atoms with E-state index in [-0.39, 0.29) is 6.23 Å². The van der Waals surface area contributed by atoms with Crippen molar-refractivity contribution in [2.45, 2.75) is 20.1 Å². The Morgan fingerprint density at radius 2 is 1.85 bits per heavy atom. The molecule has 0 bridgehead atoms. The first-order chi connectivity index (χ1) is 9.61. The number of para-hydroxylation sites is 1. The number of halogens is 2. The number of benzene rings is 2. The lowest BCUT2D eigenvalue weighted by Crippen LogP contribution is -2.37. The number of hydrogen-bond donors (Lipinski definition) is 0. The first-order valence-electron chi connectivity index (χ1n) is 6.55. The highest BCUT2D eigenvalue weighted by molar-refractivity contribution is 6.32. The Labute approximate surface area is 129 Å². The molecule has 0 heterocycles. The molecular formula is C16H17Cl2NO. The van der Waals surface area contributed by atoms with Crippen LogP contribution in [-0.4, -0.2) is 12.8 Å². The monoisotopic (exact) mass is 309 g/mol. The second-order valence-electron chi connectivity index (χ2n) is 4.41. The summed E-state index contributed by atoms with van der Waals surface area (Å²) in [5.41, 5.74) is 1.03. The molecule has 2 aromatic carbocycles. The molecule has 0 aromatic heterocycles. The van der Waals surface area contributed by atoms with Crippen LogP contribution in [-0.2, 0) is 0 Å². The fourth-order valence-electron chi connectivity index (χ4n) is 2.09. The van der Waals surface area contributed by atoms with Crippen molar-refractivity contribution >= 4 is 28.9 Å². The second-order valence-corrected chi connectivity index (χ2v) is 5.26. The Morgan fingerprint density at radius 1 is 1.10 bits per heavy atom. The fraction of sp³-hybridized carbons (Fsp3) is 0.250. The van der Waals surface area contributed by atoms with Gasteiger partial charge < -0.3 is 9.64 Å². The van der Waals surface area contributed by atoms with Crippen molar-refractivity contribution in [2.75, 3.05) is 11.4 Å². The van der Waals surface area contributed by atoms with Crippen LogP contribution >= 0.6 is 23.2 Å². The predicted molar refractivity (Wildman–Crippen MR) is 86.0 cm³/mol. The van der Waals surface area contributed by atoms with Crippen LogP contribution in [0.3, 0.4) is 0 Å². The van der Waals surface area contributed by atoms with Crippen LogP contribution < -0.4 is 9.64 Å². The average molecular weight is 310 g/mol. The molecule has 0 amide bonds. The molecule has 0 saturated heterocycles. The van der Waals surface area contributed by atoms with Crippen molar-refractivity contribution < 1.29 is 4.74 Å². The molecule has 0 saturated carbocycles. The number of anilines is 1. The van der Waals surface area contributed by atoms with E-state index >= 15 is 0 Å². The second kappa shape index (κ2) is 6.87. The van der Waals surface area contributed by atoms with E-state index in [0.29, 0.717) is 15.8 Å². The van der Waals surface area contributed by atoms with Gasteiger partial charge in [0.1, 0.15) is 5.75 Å². The minimum Gasteiger partial charge on any atom is -0.469 e. The van der Waals surface area contributed by atoms with Gasteiger partial charge in [0.2, 0.25) is 0 Å². The molecule has 20 heavy (non-hydrogen) atoms. The van der Waals surface area contributed by atoms with Gasteiger partial charge in [-0.25, -0.2) is 0 Å². The summed E-state index contributed by atoms with van der Waals surface area (Å²) in [4.78, 5) is 2.12. The van der Waals surface area contributed by atoms with Crippen LogP contribution in [0.4, 0.5) is 5.69 Å². The van der Waals surface area contributed by atoms with Crippen molar-refractivity contribution in [1.82, 2.24) is 0 Å². The summed E-state index contributed by atoms with van der Waals surface area (Å²) in [6.45, 7) is 4.88. The molecule has 0 N–H and O–H groups in total. The summed E-state index contributed by atoms with van der Waals surface area (Å²) in [6.07, 6.45) is -0.140. The van der Waals surface area contributed by atoms with Gasteiger partial charge in [-0.2, -0.15) is 0 Å². The summed E-state index contributed by atoms with van der Waals surface area (Å²) in [7, 11) is 0. The Balaban J connectivity index is 2.17. The van der Waals surface area contributed by atoms with Crippen molar-refractivity contribution in [2.24, 2.45) is 0 Å². The molecule has 1 unspecified atom stereocenters. The first kappa shape index (κ1) is 15.0. The molecule has 4 heteroatoms. The molecule has 2 aromatic rings. The summed E-state index contributed by atoms with van der Waals surface area (Å²) in [6, 6.07) is 15.2. The van der Waals surface area contributed by atoms with Gasteiger partial charge in [0.15, 0.2) is 6.23 Å². The van der Waals surface area contributed by atoms with E-state index < -0.39 is 0 Å². The van der Waals surface area contributed by atoms with Crippen molar-refractivity contribution in [1.29, 1.82) is 0 Å². The van der Waals surface area contributed by atoms with Crippen LogP contribution in [0.15, 0.2) is 48.5 Å². The standard InChI is InChI=1S/C16H17Cl2NO/c1-3-19(14-8-6-7-13(17)11-14)12(2)20-16-10-5-4-9-15(16)18/h4-12H,3H2,1-2H3. The molecule has 0 radical (unpaired) electrons. The Morgan fingerprint density at radius 3 is 2.50 bits per heavy atom. The highest BCUT2D eigenvalue weighted by Gasteiger charge is 2.15. The lowest BCUT2D eigenvalue weighted by Gasteiger charge is -2.30. The van der Waals surface area contributed by atoms with E-state index in [1.165, 1.54) is 0 Å². The molecule has 2 rings (SSSR count). The smallest absolute Gasteiger partial charge is 0.169 e. The van der Waals surface area contributed by atoms with Gasteiger partial charge in [0.05, 0.1) is 5.02 Å². The van der Waals surface area contributed by atoms with Gasteiger partial charge in [0.25, 0.3) is 0 Å². The van der Waals surface area contributed by atoms with E-state index in [2.05, 4.69) is 11.8 Å². The number of rotatable bonds is 5. The predicted octanol–water partition coefficient (Wildman–Crippen LogP) is 5.24. The third-order valence-electron chi connectivity index (χ3n) is 3.05. The summed E-state index contributed by atoms with van der Waals surface area (Å²) in [5.74, 6) is 0.683. The molecule has 1 atom stereocenters. The van der Waals surface area contributed by atoms with E-state index in [1.807, 2.05) is 55.5 Å². The van der Waals surface area contributed by atoms with Crippen LogP contribution in [0.1, 0.15) is 13.8 Å². The molecule has 0 fully saturated rings. The van der Waals surface area contributed by atoms with Gasteiger partial charge in [0, 0.05) is 17.3 Å². The van der Waals surface area contributed by atoms with Crippen molar-refractivity contribution in [3.8, 4) is 5.75 Å². The Kier molecular flexibility index (Phi) is 5.16. The van der Waals surface area contributed by atoms with E-state index in [0.717, 1.165) is 12.2 Å². The van der Waals surface area contributed by atoms with Crippen LogP contribution in [0.2, 0.25) is 10.0 Å². The molecule has 0 aliphatic heterocycles. The minimum absolute atomic E-state index is 0.140. The number of ether oxygens (including phenoxy) is 1. The molecule has 0 aliphatic rings. The van der Waals surface area contributed by atoms with Gasteiger partial charge in [-0.15, -0.1) is 0 Å². The molecule has 2 nitrogen and oxygen atoms in total. The van der Waals surface area contributed by atoms with E-state index in [4.69, 9.17) is 27.9 Å². The Bertz CT molecular complexity index is 574. The SMILES string of the molecule is CCN(c1cccc(Cl)c1)C(C)Oc1ccccc1Cl. The van der Waals surface area contributed by atoms with Crippen molar-refractivity contribution in [3.05, 3.63) is 58.6 Å². The number of nitrogens with zero attached hydrogens (tertiary/aromatic N) is 1. The van der Waals surface area contributed by atoms with Crippen molar-refractivity contribution in [3.63, 3.8) is 0 Å². The van der Waals surface area contributed by atoms with Gasteiger partial charge in [-0.1, -0.05) is 41.4 Å². The highest BCUT2D eigenvalue weighted by Crippen LogP contribution is 2.27. The summed E-state index contributed by atoms with van der Waals surface area (Å²) < 4.78 is 5.94. The quantitative estimate of drug-likeness (QED) is 0.700. The first-order valence-corrected chi connectivity index (χ1v) is 7.30. The summed E-state index contributed by atoms with van der Waals surface area (Å²) in [5, 5.41) is 1.33. The third kappa shape index (κ3) is 3.59. The average Bonchev–Trinajstić information content (AvgIpc) is 2.42. The maximum Gasteiger partial charge on any atom is 0.169 e. The van der Waals surface area contributed by atoms with Gasteiger partial charge in [-0.05, 0) is 44.2 Å². The van der Waals surface area contributed by atoms with E-state index in [9.17, 15) is 0 Å². The van der Waals surface area contributed by atoms with Crippen LogP contribution in [0.5, 0.6) is 5.75 Å². The number of hydrogen-bond acceptors (Lipinski definition) is 2. The normalized spacial score (nSPS) is 12.0. The molecule has 0 aliphatic carbocycles. The van der Waals surface area contributed by atoms with E-state index in [1.54, 1.807) is 0 Å². The topological polar surface area (TPSA) is 12.5 Å². The van der Waals surface area contributed by atoms with Crippen LogP contribution in [0.25, 0.3) is 0 Å². The largest absolute Gasteiger partial charge is 0.469 e. The Hall–Kier alpha value is -1.38. The molecule has 0 spiro atoms. The molecule has 106 valence electrons.